The van der Waals surface area contributed by atoms with Gasteiger partial charge in [0.15, 0.2) is 0 Å². The molecule has 0 aliphatic carbocycles. The Morgan fingerprint density at radius 3 is 2.50 bits per heavy atom. The number of amides is 2. The average molecular weight is 387 g/mol. The Morgan fingerprint density at radius 2 is 1.82 bits per heavy atom. The van der Waals surface area contributed by atoms with Gasteiger partial charge in [0.05, 0.1) is 35.9 Å². The van der Waals surface area contributed by atoms with E-state index in [4.69, 9.17) is 4.74 Å². The largest absolute Gasteiger partial charge is 0.385 e. The molecule has 0 radical (unpaired) electrons. The molecule has 1 aromatic carbocycles. The van der Waals surface area contributed by atoms with E-state index in [-0.39, 0.29) is 24.9 Å². The van der Waals surface area contributed by atoms with Crippen LogP contribution in [0.5, 0.6) is 0 Å². The smallest absolute Gasteiger partial charge is 0.238 e. The van der Waals surface area contributed by atoms with Gasteiger partial charge in [-0.05, 0) is 39.4 Å². The standard InChI is InChI=1S/C20H29N5O3/c1-15-20(16(2)25(23-15)17-9-6-5-7-10-17)22-19(27)14-24(3)13-18(26)21-11-8-12-28-4/h5-7,9-10H,8,11-14H2,1-4H3,(H,21,26)(H,22,27). The lowest BCUT2D eigenvalue weighted by Crippen LogP contribution is -2.39. The molecule has 0 saturated heterocycles. The number of ether oxygens (including phenoxy) is 1. The lowest BCUT2D eigenvalue weighted by molar-refractivity contribution is -0.123. The van der Waals surface area contributed by atoms with E-state index < -0.39 is 0 Å². The van der Waals surface area contributed by atoms with Crippen molar-refractivity contribution in [2.24, 2.45) is 0 Å². The van der Waals surface area contributed by atoms with Crippen molar-refractivity contribution >= 4 is 17.5 Å². The number of benzene rings is 1. The number of hydrogen-bond acceptors (Lipinski definition) is 5. The molecule has 2 N–H and O–H groups in total. The number of aryl methyl sites for hydroxylation is 1. The number of methoxy groups -OCH3 is 1. The molecule has 2 aromatic rings. The lowest BCUT2D eigenvalue weighted by Gasteiger charge is -2.16. The Morgan fingerprint density at radius 1 is 1.14 bits per heavy atom. The molecule has 0 spiro atoms. The molecule has 8 heteroatoms. The zero-order valence-electron chi connectivity index (χ0n) is 17.0. The second-order valence-electron chi connectivity index (χ2n) is 6.71. The summed E-state index contributed by atoms with van der Waals surface area (Å²) < 4.78 is 6.75. The van der Waals surface area contributed by atoms with Gasteiger partial charge in [-0.25, -0.2) is 4.68 Å². The summed E-state index contributed by atoms with van der Waals surface area (Å²) in [6.07, 6.45) is 0.760. The Hall–Kier alpha value is -2.71. The van der Waals surface area contributed by atoms with Crippen molar-refractivity contribution < 1.29 is 14.3 Å². The van der Waals surface area contributed by atoms with Crippen LogP contribution in [-0.4, -0.2) is 66.9 Å². The summed E-state index contributed by atoms with van der Waals surface area (Å²) in [7, 11) is 3.36. The number of para-hydroxylation sites is 1. The van der Waals surface area contributed by atoms with Crippen LogP contribution in [-0.2, 0) is 14.3 Å². The molecule has 0 fully saturated rings. The van der Waals surface area contributed by atoms with Gasteiger partial charge in [0, 0.05) is 20.3 Å². The van der Waals surface area contributed by atoms with Crippen molar-refractivity contribution in [3.63, 3.8) is 0 Å². The zero-order valence-corrected chi connectivity index (χ0v) is 17.0. The summed E-state index contributed by atoms with van der Waals surface area (Å²) in [6.45, 7) is 5.21. The molecule has 0 aliphatic rings. The van der Waals surface area contributed by atoms with Gasteiger partial charge in [0.25, 0.3) is 0 Å². The third-order valence-electron chi connectivity index (χ3n) is 4.23. The van der Waals surface area contributed by atoms with Gasteiger partial charge in [-0.15, -0.1) is 0 Å². The van der Waals surface area contributed by atoms with E-state index in [1.807, 2.05) is 48.9 Å². The molecule has 2 rings (SSSR count). The average Bonchev–Trinajstić information content (AvgIpc) is 2.94. The van der Waals surface area contributed by atoms with Crippen LogP contribution >= 0.6 is 0 Å². The molecular formula is C20H29N5O3. The lowest BCUT2D eigenvalue weighted by atomic mass is 10.3. The van der Waals surface area contributed by atoms with Crippen LogP contribution in [0.25, 0.3) is 5.69 Å². The topological polar surface area (TPSA) is 88.5 Å². The monoisotopic (exact) mass is 387 g/mol. The van der Waals surface area contributed by atoms with Gasteiger partial charge in [0.1, 0.15) is 0 Å². The Labute approximate surface area is 165 Å². The highest BCUT2D eigenvalue weighted by molar-refractivity contribution is 5.93. The molecule has 0 unspecified atom stereocenters. The molecule has 1 heterocycles. The number of nitrogens with one attached hydrogen (secondary N) is 2. The van der Waals surface area contributed by atoms with E-state index in [2.05, 4.69) is 15.7 Å². The highest BCUT2D eigenvalue weighted by Gasteiger charge is 2.17. The molecule has 8 nitrogen and oxygen atoms in total. The van der Waals surface area contributed by atoms with E-state index in [0.717, 1.165) is 23.5 Å². The Balaban J connectivity index is 1.89. The second kappa shape index (κ2) is 10.6. The predicted molar refractivity (Wildman–Crippen MR) is 109 cm³/mol. The van der Waals surface area contributed by atoms with Crippen molar-refractivity contribution in [2.45, 2.75) is 20.3 Å². The SMILES string of the molecule is COCCCNC(=O)CN(C)CC(=O)Nc1c(C)nn(-c2ccccc2)c1C. The van der Waals surface area contributed by atoms with E-state index >= 15 is 0 Å². The maximum atomic E-state index is 12.4. The summed E-state index contributed by atoms with van der Waals surface area (Å²) >= 11 is 0. The second-order valence-corrected chi connectivity index (χ2v) is 6.71. The zero-order chi connectivity index (χ0) is 20.5. The Kier molecular flexibility index (Phi) is 8.16. The number of hydrogen-bond donors (Lipinski definition) is 2. The van der Waals surface area contributed by atoms with Crippen molar-refractivity contribution in [1.29, 1.82) is 0 Å². The van der Waals surface area contributed by atoms with E-state index in [1.165, 1.54) is 0 Å². The number of anilines is 1. The van der Waals surface area contributed by atoms with Gasteiger partial charge < -0.3 is 15.4 Å². The number of nitrogens with zero attached hydrogens (tertiary/aromatic N) is 3. The fraction of sp³-hybridized carbons (Fsp3) is 0.450. The van der Waals surface area contributed by atoms with Crippen LogP contribution in [0.3, 0.4) is 0 Å². The van der Waals surface area contributed by atoms with Crippen molar-refractivity contribution in [2.75, 3.05) is 45.7 Å². The summed E-state index contributed by atoms with van der Waals surface area (Å²) in [5.41, 5.74) is 3.24. The molecule has 0 saturated carbocycles. The van der Waals surface area contributed by atoms with Crippen LogP contribution in [0.1, 0.15) is 17.8 Å². The molecule has 2 amide bonds. The summed E-state index contributed by atoms with van der Waals surface area (Å²) in [5.74, 6) is -0.302. The normalized spacial score (nSPS) is 10.9. The van der Waals surface area contributed by atoms with Gasteiger partial charge in [-0.3, -0.25) is 14.5 Å². The molecule has 1 aromatic heterocycles. The minimum Gasteiger partial charge on any atom is -0.385 e. The fourth-order valence-electron chi connectivity index (χ4n) is 2.87. The van der Waals surface area contributed by atoms with Crippen LogP contribution in [0.2, 0.25) is 0 Å². The summed E-state index contributed by atoms with van der Waals surface area (Å²) in [6, 6.07) is 9.76. The first-order chi connectivity index (χ1) is 13.4. The first kappa shape index (κ1) is 21.6. The van der Waals surface area contributed by atoms with E-state index in [1.54, 1.807) is 19.1 Å². The molecule has 0 atom stereocenters. The molecule has 152 valence electrons. The first-order valence-corrected chi connectivity index (χ1v) is 9.28. The minimum atomic E-state index is -0.187. The maximum absolute atomic E-state index is 12.4. The number of rotatable bonds is 10. The van der Waals surface area contributed by atoms with Crippen LogP contribution in [0, 0.1) is 13.8 Å². The third kappa shape index (κ3) is 6.17. The van der Waals surface area contributed by atoms with Crippen molar-refractivity contribution in [3.05, 3.63) is 41.7 Å². The van der Waals surface area contributed by atoms with Gasteiger partial charge in [-0.2, -0.15) is 5.10 Å². The van der Waals surface area contributed by atoms with Gasteiger partial charge in [-0.1, -0.05) is 18.2 Å². The summed E-state index contributed by atoms with van der Waals surface area (Å²) in [4.78, 5) is 26.0. The third-order valence-corrected chi connectivity index (χ3v) is 4.23. The molecular weight excluding hydrogens is 358 g/mol. The fourth-order valence-corrected chi connectivity index (χ4v) is 2.87. The highest BCUT2D eigenvalue weighted by atomic mass is 16.5. The van der Waals surface area contributed by atoms with Crippen LogP contribution < -0.4 is 10.6 Å². The van der Waals surface area contributed by atoms with E-state index in [9.17, 15) is 9.59 Å². The quantitative estimate of drug-likeness (QED) is 0.604. The first-order valence-electron chi connectivity index (χ1n) is 9.28. The van der Waals surface area contributed by atoms with Crippen molar-refractivity contribution in [1.82, 2.24) is 20.0 Å². The minimum absolute atomic E-state index is 0.112. The number of aromatic nitrogens is 2. The summed E-state index contributed by atoms with van der Waals surface area (Å²) in [5, 5.41) is 10.2. The number of likely N-dealkylation sites (N-methyl/N-ethyl adjacent to an activating group) is 1. The molecule has 0 aliphatic heterocycles. The van der Waals surface area contributed by atoms with Gasteiger partial charge in [0.2, 0.25) is 11.8 Å². The van der Waals surface area contributed by atoms with Crippen LogP contribution in [0.15, 0.2) is 30.3 Å². The highest BCUT2D eigenvalue weighted by Crippen LogP contribution is 2.22. The Bertz CT molecular complexity index is 789. The van der Waals surface area contributed by atoms with Gasteiger partial charge >= 0.3 is 0 Å². The van der Waals surface area contributed by atoms with Crippen LogP contribution in [0.4, 0.5) is 5.69 Å². The van der Waals surface area contributed by atoms with E-state index in [0.29, 0.717) is 18.8 Å². The van der Waals surface area contributed by atoms with Crippen molar-refractivity contribution in [3.8, 4) is 5.69 Å². The number of carbonyl (C=O) groups is 2. The predicted octanol–water partition coefficient (Wildman–Crippen LogP) is 1.51. The molecule has 28 heavy (non-hydrogen) atoms. The maximum Gasteiger partial charge on any atom is 0.238 e. The number of carbonyl (C=O) groups excluding carboxylic acids is 2. The molecule has 0 bridgehead atoms.